The normalized spacial score (nSPS) is 7.00. The molecule has 0 atom stereocenters. The molecule has 0 aliphatic heterocycles. The average molecular weight is 253 g/mol. The second-order valence-corrected chi connectivity index (χ2v) is 2.90. The van der Waals surface area contributed by atoms with Crippen LogP contribution in [0, 0.1) is 0 Å². The second-order valence-electron chi connectivity index (χ2n) is 1.51. The van der Waals surface area contributed by atoms with E-state index >= 15 is 0 Å². The number of amides is 2. The zero-order chi connectivity index (χ0) is 10.1. The van der Waals surface area contributed by atoms with Gasteiger partial charge in [0.2, 0.25) is 0 Å². The fraction of sp³-hybridized carbons (Fsp3) is 0.200. The maximum absolute atomic E-state index is 10.0. The molecule has 0 aromatic rings. The fourth-order valence-electron chi connectivity index (χ4n) is 0.172. The van der Waals surface area contributed by atoms with E-state index in [1.807, 2.05) is 0 Å². The Morgan fingerprint density at radius 2 is 1.85 bits per heavy atom. The summed E-state index contributed by atoms with van der Waals surface area (Å²) in [5.74, 6) is 0. The first-order chi connectivity index (χ1) is 5.36. The molecule has 2 amide bonds. The van der Waals surface area contributed by atoms with Crippen LogP contribution in [-0.2, 0) is 0 Å². The molecule has 0 radical (unpaired) electrons. The van der Waals surface area contributed by atoms with Crippen LogP contribution in [0.5, 0.6) is 0 Å². The van der Waals surface area contributed by atoms with Gasteiger partial charge in [0.05, 0.1) is 6.54 Å². The van der Waals surface area contributed by atoms with Gasteiger partial charge >= 0.3 is 29.6 Å². The topological polar surface area (TPSA) is 72.2 Å². The van der Waals surface area contributed by atoms with E-state index < -0.39 is 10.5 Å². The summed E-state index contributed by atoms with van der Waals surface area (Å²) in [4.78, 5) is 19.1. The number of primary amides is 1. The van der Waals surface area contributed by atoms with Crippen molar-refractivity contribution in [3.63, 3.8) is 0 Å². The van der Waals surface area contributed by atoms with Gasteiger partial charge in [-0.3, -0.25) is 9.59 Å². The zero-order valence-electron chi connectivity index (χ0n) is 8.08. The third-order valence-electron chi connectivity index (χ3n) is 0.431. The van der Waals surface area contributed by atoms with E-state index in [0.29, 0.717) is 5.03 Å². The number of thiol groups is 2. The van der Waals surface area contributed by atoms with Crippen LogP contribution in [0.15, 0.2) is 11.6 Å². The van der Waals surface area contributed by atoms with Crippen molar-refractivity contribution in [2.75, 3.05) is 6.54 Å². The Hall–Kier alpha value is 0.670. The first-order valence-electron chi connectivity index (χ1n) is 2.64. The van der Waals surface area contributed by atoms with E-state index in [-0.39, 0.29) is 37.5 Å². The standard InChI is InChI=1S/C4H6ClNOS.CH3NOS.Na.H/c1-3(5)2-6-4(7)8;2-1(3)4;;/h1-2H2,(H2,6,7,8);(H3,2,3,4);;/q;;+1;-1. The molecule has 0 fully saturated rings. The first kappa shape index (κ1) is 19.3. The zero-order valence-corrected chi connectivity index (χ0v) is 11.6. The van der Waals surface area contributed by atoms with Crippen LogP contribution < -0.4 is 40.6 Å². The number of nitrogens with two attached hydrogens (primary N) is 1. The number of nitrogens with one attached hydrogen (secondary N) is 1. The number of carbonyl (C=O) groups excluding carboxylic acids is 2. The number of hydrogen-bond donors (Lipinski definition) is 4. The van der Waals surface area contributed by atoms with E-state index in [4.69, 9.17) is 16.4 Å². The van der Waals surface area contributed by atoms with Gasteiger partial charge in [0.15, 0.2) is 0 Å². The molecule has 4 nitrogen and oxygen atoms in total. The van der Waals surface area contributed by atoms with Gasteiger partial charge in [-0.2, -0.15) is 0 Å². The summed E-state index contributed by atoms with van der Waals surface area (Å²) < 4.78 is 0. The van der Waals surface area contributed by atoms with Gasteiger partial charge in [-0.1, -0.05) is 43.4 Å². The molecule has 0 spiro atoms. The van der Waals surface area contributed by atoms with Gasteiger partial charge in [-0.15, -0.1) is 0 Å². The van der Waals surface area contributed by atoms with Crippen LogP contribution in [0.2, 0.25) is 0 Å². The monoisotopic (exact) mass is 252 g/mol. The maximum atomic E-state index is 10.0. The molecule has 8 heteroatoms. The third-order valence-corrected chi connectivity index (χ3v) is 0.723. The van der Waals surface area contributed by atoms with Crippen molar-refractivity contribution in [1.82, 2.24) is 5.32 Å². The largest absolute Gasteiger partial charge is 1.00 e. The molecular formula is C5H10ClN2NaO2S2. The smallest absolute Gasteiger partial charge is 1.00 e. The molecule has 0 unspecified atom stereocenters. The Morgan fingerprint density at radius 1 is 1.54 bits per heavy atom. The predicted molar refractivity (Wildman–Crippen MR) is 57.1 cm³/mol. The average Bonchev–Trinajstić information content (AvgIpc) is 1.82. The van der Waals surface area contributed by atoms with Gasteiger partial charge in [0.1, 0.15) is 0 Å². The molecular weight excluding hydrogens is 243 g/mol. The Morgan fingerprint density at radius 3 is 1.92 bits per heavy atom. The fourth-order valence-corrected chi connectivity index (χ4v) is 0.317. The Balaban J connectivity index is -0.0000000733. The molecule has 0 heterocycles. The Kier molecular flexibility index (Phi) is 18.8. The first-order valence-corrected chi connectivity index (χ1v) is 3.92. The number of hydrogen-bond acceptors (Lipinski definition) is 2. The van der Waals surface area contributed by atoms with Crippen molar-refractivity contribution >= 4 is 47.3 Å². The van der Waals surface area contributed by atoms with E-state index in [9.17, 15) is 4.79 Å². The number of halogens is 1. The molecule has 13 heavy (non-hydrogen) atoms. The SMILES string of the molecule is C=C(Cl)CNC(=O)S.NC(=O)S.[H-].[Na+]. The summed E-state index contributed by atoms with van der Waals surface area (Å²) in [5, 5.41) is 1.70. The number of rotatable bonds is 2. The molecule has 0 rings (SSSR count). The van der Waals surface area contributed by atoms with Gasteiger partial charge in [0.25, 0.3) is 10.5 Å². The van der Waals surface area contributed by atoms with Crippen molar-refractivity contribution in [2.45, 2.75) is 0 Å². The van der Waals surface area contributed by atoms with Crippen molar-refractivity contribution in [2.24, 2.45) is 5.73 Å². The molecule has 0 bridgehead atoms. The Labute approximate surface area is 116 Å². The summed E-state index contributed by atoms with van der Waals surface area (Å²) in [6.45, 7) is 3.63. The second kappa shape index (κ2) is 12.7. The molecule has 0 aliphatic carbocycles. The van der Waals surface area contributed by atoms with Crippen LogP contribution in [0.1, 0.15) is 1.43 Å². The minimum Gasteiger partial charge on any atom is -1.00 e. The van der Waals surface area contributed by atoms with E-state index in [2.05, 4.69) is 42.9 Å². The quantitative estimate of drug-likeness (QED) is 0.357. The molecule has 0 aromatic carbocycles. The Bertz CT molecular complexity index is 179. The summed E-state index contributed by atoms with van der Waals surface area (Å²) >= 11 is 11.8. The summed E-state index contributed by atoms with van der Waals surface area (Å²) in [7, 11) is 0. The molecule has 0 aliphatic rings. The van der Waals surface area contributed by atoms with E-state index in [1.165, 1.54) is 0 Å². The third kappa shape index (κ3) is 44.9. The van der Waals surface area contributed by atoms with Crippen molar-refractivity contribution < 1.29 is 40.6 Å². The summed E-state index contributed by atoms with van der Waals surface area (Å²) in [6.07, 6.45) is 0. The van der Waals surface area contributed by atoms with E-state index in [0.717, 1.165) is 0 Å². The van der Waals surface area contributed by atoms with Crippen LogP contribution in [0.4, 0.5) is 9.59 Å². The van der Waals surface area contributed by atoms with Gasteiger partial charge in [0, 0.05) is 5.03 Å². The molecule has 0 saturated carbocycles. The van der Waals surface area contributed by atoms with Gasteiger partial charge < -0.3 is 12.5 Å². The van der Waals surface area contributed by atoms with Gasteiger partial charge in [-0.05, 0) is 0 Å². The predicted octanol–water partition coefficient (Wildman–Crippen LogP) is -1.51. The summed E-state index contributed by atoms with van der Waals surface area (Å²) in [6, 6.07) is 0. The van der Waals surface area contributed by atoms with E-state index in [1.54, 1.807) is 0 Å². The summed E-state index contributed by atoms with van der Waals surface area (Å²) in [5.41, 5.74) is 4.34. The van der Waals surface area contributed by atoms with Crippen LogP contribution in [0.25, 0.3) is 0 Å². The van der Waals surface area contributed by atoms with Crippen LogP contribution in [-0.4, -0.2) is 17.0 Å². The molecule has 72 valence electrons. The van der Waals surface area contributed by atoms with Crippen molar-refractivity contribution in [3.8, 4) is 0 Å². The van der Waals surface area contributed by atoms with Crippen molar-refractivity contribution in [1.29, 1.82) is 0 Å². The van der Waals surface area contributed by atoms with Crippen LogP contribution >= 0.6 is 36.9 Å². The van der Waals surface area contributed by atoms with Crippen LogP contribution in [0.3, 0.4) is 0 Å². The maximum Gasteiger partial charge on any atom is 1.00 e. The van der Waals surface area contributed by atoms with Crippen molar-refractivity contribution in [3.05, 3.63) is 11.6 Å². The number of carbonyl (C=O) groups is 2. The molecule has 0 saturated heterocycles. The minimum atomic E-state index is -0.639. The minimum absolute atomic E-state index is 0. The molecule has 0 aromatic heterocycles. The van der Waals surface area contributed by atoms with Gasteiger partial charge in [-0.25, -0.2) is 0 Å². The molecule has 3 N–H and O–H groups in total.